The van der Waals surface area contributed by atoms with Crippen molar-refractivity contribution in [3.8, 4) is 0 Å². The molecule has 100 valence electrons. The van der Waals surface area contributed by atoms with Crippen LogP contribution < -0.4 is 5.73 Å². The van der Waals surface area contributed by atoms with Gasteiger partial charge in [-0.25, -0.2) is 0 Å². The van der Waals surface area contributed by atoms with Gasteiger partial charge < -0.3 is 5.73 Å². The maximum absolute atomic E-state index is 6.21. The summed E-state index contributed by atoms with van der Waals surface area (Å²) in [6, 6.07) is 13.4. The van der Waals surface area contributed by atoms with Crippen molar-refractivity contribution >= 4 is 34.8 Å². The van der Waals surface area contributed by atoms with Gasteiger partial charge in [-0.1, -0.05) is 59.1 Å². The molecule has 19 heavy (non-hydrogen) atoms. The molecule has 0 saturated heterocycles. The third kappa shape index (κ3) is 3.64. The zero-order valence-electron chi connectivity index (χ0n) is 10.2. The first kappa shape index (κ1) is 14.7. The van der Waals surface area contributed by atoms with Crippen LogP contribution in [0.5, 0.6) is 0 Å². The zero-order chi connectivity index (χ0) is 13.8. The standard InChI is InChI=1S/C15H14Cl3N/c16-13-5-1-3-10(8-13)12(9-19)7-11-4-2-6-14(17)15(11)18/h1-6,8,12H,7,9,19H2. The third-order valence-electron chi connectivity index (χ3n) is 3.10. The van der Waals surface area contributed by atoms with Crippen molar-refractivity contribution in [1.29, 1.82) is 0 Å². The summed E-state index contributed by atoms with van der Waals surface area (Å²) in [5.74, 6) is 0.176. The molecule has 2 aromatic rings. The van der Waals surface area contributed by atoms with Crippen molar-refractivity contribution in [2.45, 2.75) is 12.3 Å². The van der Waals surface area contributed by atoms with Crippen LogP contribution in [0.1, 0.15) is 17.0 Å². The predicted octanol–water partition coefficient (Wildman–Crippen LogP) is 4.93. The maximum Gasteiger partial charge on any atom is 0.0624 e. The summed E-state index contributed by atoms with van der Waals surface area (Å²) >= 11 is 18.3. The largest absolute Gasteiger partial charge is 0.330 e. The summed E-state index contributed by atoms with van der Waals surface area (Å²) in [4.78, 5) is 0. The number of nitrogens with two attached hydrogens (primary N) is 1. The van der Waals surface area contributed by atoms with Gasteiger partial charge in [0.25, 0.3) is 0 Å². The SMILES string of the molecule is NCC(Cc1cccc(Cl)c1Cl)c1cccc(Cl)c1. The highest BCUT2D eigenvalue weighted by Gasteiger charge is 2.14. The molecule has 0 aliphatic carbocycles. The molecule has 0 fully saturated rings. The number of rotatable bonds is 4. The third-order valence-corrected chi connectivity index (χ3v) is 4.20. The van der Waals surface area contributed by atoms with Crippen LogP contribution in [-0.4, -0.2) is 6.54 Å². The van der Waals surface area contributed by atoms with E-state index in [0.717, 1.165) is 17.5 Å². The molecule has 0 aliphatic rings. The Morgan fingerprint density at radius 2 is 1.74 bits per heavy atom. The minimum absolute atomic E-state index is 0.176. The maximum atomic E-state index is 6.21. The lowest BCUT2D eigenvalue weighted by Gasteiger charge is -2.17. The van der Waals surface area contributed by atoms with Crippen LogP contribution >= 0.6 is 34.8 Å². The van der Waals surface area contributed by atoms with Crippen molar-refractivity contribution in [2.24, 2.45) is 5.73 Å². The van der Waals surface area contributed by atoms with Gasteiger partial charge in [0.15, 0.2) is 0 Å². The van der Waals surface area contributed by atoms with Crippen molar-refractivity contribution in [1.82, 2.24) is 0 Å². The Morgan fingerprint density at radius 3 is 2.42 bits per heavy atom. The van der Waals surface area contributed by atoms with Gasteiger partial charge in [0.05, 0.1) is 10.0 Å². The lowest BCUT2D eigenvalue weighted by Crippen LogP contribution is -2.15. The van der Waals surface area contributed by atoms with Crippen LogP contribution in [0.25, 0.3) is 0 Å². The van der Waals surface area contributed by atoms with E-state index in [2.05, 4.69) is 0 Å². The van der Waals surface area contributed by atoms with E-state index in [9.17, 15) is 0 Å². The van der Waals surface area contributed by atoms with Crippen LogP contribution in [0.3, 0.4) is 0 Å². The fourth-order valence-corrected chi connectivity index (χ4v) is 2.67. The molecular formula is C15H14Cl3N. The molecule has 0 amide bonds. The monoisotopic (exact) mass is 313 g/mol. The molecule has 2 aromatic carbocycles. The molecule has 0 saturated carbocycles. The number of benzene rings is 2. The Labute approximate surface area is 128 Å². The fourth-order valence-electron chi connectivity index (χ4n) is 2.07. The summed E-state index contributed by atoms with van der Waals surface area (Å²) in [6.45, 7) is 0.531. The molecule has 1 atom stereocenters. The average molecular weight is 315 g/mol. The highest BCUT2D eigenvalue weighted by molar-refractivity contribution is 6.42. The highest BCUT2D eigenvalue weighted by Crippen LogP contribution is 2.30. The Balaban J connectivity index is 2.26. The van der Waals surface area contributed by atoms with Crippen LogP contribution in [0.15, 0.2) is 42.5 Å². The van der Waals surface area contributed by atoms with Crippen LogP contribution in [0, 0.1) is 0 Å². The topological polar surface area (TPSA) is 26.0 Å². The summed E-state index contributed by atoms with van der Waals surface area (Å²) in [5.41, 5.74) is 7.99. The van der Waals surface area contributed by atoms with Crippen LogP contribution in [0.4, 0.5) is 0 Å². The minimum atomic E-state index is 0.176. The van der Waals surface area contributed by atoms with Crippen LogP contribution in [0.2, 0.25) is 15.1 Å². The molecule has 4 heteroatoms. The Hall–Kier alpha value is -0.730. The van der Waals surface area contributed by atoms with E-state index in [4.69, 9.17) is 40.5 Å². The van der Waals surface area contributed by atoms with Crippen molar-refractivity contribution in [2.75, 3.05) is 6.54 Å². The average Bonchev–Trinajstić information content (AvgIpc) is 2.40. The Kier molecular flexibility index (Phi) is 5.12. The Morgan fingerprint density at radius 1 is 1.00 bits per heavy atom. The number of hydrogen-bond donors (Lipinski definition) is 1. The van der Waals surface area contributed by atoms with Gasteiger partial charge in [-0.05, 0) is 42.3 Å². The molecule has 0 bridgehead atoms. The number of halogens is 3. The van der Waals surface area contributed by atoms with E-state index in [-0.39, 0.29) is 5.92 Å². The first-order valence-electron chi connectivity index (χ1n) is 6.00. The zero-order valence-corrected chi connectivity index (χ0v) is 12.5. The fraction of sp³-hybridized carbons (Fsp3) is 0.200. The van der Waals surface area contributed by atoms with E-state index in [1.165, 1.54) is 0 Å². The first-order valence-corrected chi connectivity index (χ1v) is 7.13. The van der Waals surface area contributed by atoms with Crippen molar-refractivity contribution in [3.05, 3.63) is 68.7 Å². The molecule has 0 aromatic heterocycles. The second-order valence-corrected chi connectivity index (χ2v) is 5.63. The van der Waals surface area contributed by atoms with Crippen LogP contribution in [-0.2, 0) is 6.42 Å². The molecule has 0 radical (unpaired) electrons. The summed E-state index contributed by atoms with van der Waals surface area (Å²) < 4.78 is 0. The molecule has 0 aliphatic heterocycles. The smallest absolute Gasteiger partial charge is 0.0624 e. The van der Waals surface area contributed by atoms with Gasteiger partial charge in [-0.3, -0.25) is 0 Å². The van der Waals surface area contributed by atoms with Gasteiger partial charge >= 0.3 is 0 Å². The van der Waals surface area contributed by atoms with Crippen molar-refractivity contribution in [3.63, 3.8) is 0 Å². The lowest BCUT2D eigenvalue weighted by molar-refractivity contribution is 0.694. The quantitative estimate of drug-likeness (QED) is 0.850. The molecule has 2 N–H and O–H groups in total. The first-order chi connectivity index (χ1) is 9.11. The molecule has 0 spiro atoms. The molecule has 0 heterocycles. The van der Waals surface area contributed by atoms with Gasteiger partial charge in [-0.15, -0.1) is 0 Å². The van der Waals surface area contributed by atoms with E-state index in [0.29, 0.717) is 21.6 Å². The second kappa shape index (κ2) is 6.62. The van der Waals surface area contributed by atoms with Gasteiger partial charge in [-0.2, -0.15) is 0 Å². The normalized spacial score (nSPS) is 12.4. The van der Waals surface area contributed by atoms with E-state index >= 15 is 0 Å². The lowest BCUT2D eigenvalue weighted by atomic mass is 9.92. The van der Waals surface area contributed by atoms with Gasteiger partial charge in [0.1, 0.15) is 0 Å². The molecule has 2 rings (SSSR count). The van der Waals surface area contributed by atoms with E-state index in [1.807, 2.05) is 36.4 Å². The van der Waals surface area contributed by atoms with Gasteiger partial charge in [0.2, 0.25) is 0 Å². The highest BCUT2D eigenvalue weighted by atomic mass is 35.5. The summed E-state index contributed by atoms with van der Waals surface area (Å²) in [7, 11) is 0. The Bertz CT molecular complexity index is 569. The second-order valence-electron chi connectivity index (χ2n) is 4.40. The van der Waals surface area contributed by atoms with Crippen molar-refractivity contribution < 1.29 is 0 Å². The minimum Gasteiger partial charge on any atom is -0.330 e. The summed E-state index contributed by atoms with van der Waals surface area (Å²) in [6.07, 6.45) is 0.746. The predicted molar refractivity (Wildman–Crippen MR) is 83.4 cm³/mol. The molecule has 1 nitrogen and oxygen atoms in total. The molecule has 1 unspecified atom stereocenters. The number of hydrogen-bond acceptors (Lipinski definition) is 1. The van der Waals surface area contributed by atoms with Gasteiger partial charge in [0, 0.05) is 10.9 Å². The molecular weight excluding hydrogens is 301 g/mol. The van der Waals surface area contributed by atoms with E-state index in [1.54, 1.807) is 6.07 Å². The van der Waals surface area contributed by atoms with E-state index < -0.39 is 0 Å². The summed E-state index contributed by atoms with van der Waals surface area (Å²) in [5, 5.41) is 1.89.